The van der Waals surface area contributed by atoms with Gasteiger partial charge in [0.25, 0.3) is 0 Å². The van der Waals surface area contributed by atoms with Crippen molar-refractivity contribution in [1.82, 2.24) is 39.9 Å². The van der Waals surface area contributed by atoms with E-state index < -0.39 is 0 Å². The molecule has 0 saturated heterocycles. The minimum Gasteiger partial charge on any atom is -0.357 e. The molecule has 9 heteroatoms. The van der Waals surface area contributed by atoms with Gasteiger partial charge in [0.05, 0.1) is 23.3 Å². The maximum Gasteiger partial charge on any atom is 2.00 e. The predicted octanol–water partition coefficient (Wildman–Crippen LogP) is 10.7. The molecule has 0 spiro atoms. The van der Waals surface area contributed by atoms with Crippen molar-refractivity contribution >= 4 is 87.2 Å². The number of benzene rings is 8. The van der Waals surface area contributed by atoms with Gasteiger partial charge in [0.15, 0.2) is 0 Å². The van der Waals surface area contributed by atoms with E-state index in [0.29, 0.717) is 45.9 Å². The monoisotopic (exact) mass is 764 g/mol. The Kier molecular flexibility index (Phi) is 6.65. The molecule has 0 atom stereocenters. The van der Waals surface area contributed by atoms with E-state index in [2.05, 4.69) is 97.1 Å². The molecule has 0 fully saturated rings. The van der Waals surface area contributed by atoms with E-state index in [-0.39, 0.29) is 17.4 Å². The first-order chi connectivity index (χ1) is 27.7. The van der Waals surface area contributed by atoms with Crippen molar-refractivity contribution in [3.05, 3.63) is 146 Å². The van der Waals surface area contributed by atoms with Gasteiger partial charge in [-0.1, -0.05) is 97.1 Å². The minimum absolute atomic E-state index is 0. The molecule has 8 nitrogen and oxygen atoms in total. The number of hydrogen-bond donors (Lipinski definition) is 0. The maximum absolute atomic E-state index is 5.24. The summed E-state index contributed by atoms with van der Waals surface area (Å²) in [4.78, 5) is 41.6. The van der Waals surface area contributed by atoms with E-state index >= 15 is 0 Å². The van der Waals surface area contributed by atoms with Gasteiger partial charge >= 0.3 is 17.4 Å². The largest absolute Gasteiger partial charge is 2.00 e. The van der Waals surface area contributed by atoms with Crippen LogP contribution in [0.25, 0.3) is 133 Å². The Bertz CT molecular complexity index is 3260. The summed E-state index contributed by atoms with van der Waals surface area (Å²) in [5, 5.41) is 12.2. The van der Waals surface area contributed by atoms with Crippen molar-refractivity contribution < 1.29 is 17.4 Å². The first kappa shape index (κ1) is 32.0. The van der Waals surface area contributed by atoms with Crippen molar-refractivity contribution in [2.75, 3.05) is 0 Å². The maximum atomic E-state index is 5.24. The quantitative estimate of drug-likeness (QED) is 0.150. The van der Waals surface area contributed by atoms with Gasteiger partial charge in [-0.25, -0.2) is 9.97 Å². The molecule has 57 heavy (non-hydrogen) atoms. The predicted molar refractivity (Wildman–Crippen MR) is 224 cm³/mol. The topological polar surface area (TPSA) is 106 Å². The third-order valence-electron chi connectivity index (χ3n) is 11.2. The van der Waals surface area contributed by atoms with Crippen LogP contribution in [0.2, 0.25) is 0 Å². The Labute approximate surface area is 334 Å². The van der Waals surface area contributed by atoms with Crippen molar-refractivity contribution in [3.8, 4) is 45.6 Å². The zero-order valence-electron chi connectivity index (χ0n) is 29.8. The van der Waals surface area contributed by atoms with Crippen molar-refractivity contribution in [2.24, 2.45) is 0 Å². The van der Waals surface area contributed by atoms with E-state index in [1.807, 2.05) is 48.5 Å². The fraction of sp³-hybridized carbons (Fsp3) is 0. The number of hydrogen-bond acceptors (Lipinski definition) is 6. The first-order valence-corrected chi connectivity index (χ1v) is 18.5. The smallest absolute Gasteiger partial charge is 0.357 e. The molecule has 2 aliphatic heterocycles. The molecule has 5 heterocycles. The summed E-state index contributed by atoms with van der Waals surface area (Å²) in [5.74, 6) is 2.14. The molecule has 0 amide bonds. The van der Waals surface area contributed by atoms with Crippen molar-refractivity contribution in [2.45, 2.75) is 0 Å². The Hall–Kier alpha value is -7.31. The van der Waals surface area contributed by atoms with Gasteiger partial charge in [-0.15, -0.1) is 0 Å². The average Bonchev–Trinajstić information content (AvgIpc) is 3.95. The normalized spacial score (nSPS) is 12.1. The van der Waals surface area contributed by atoms with E-state index in [0.717, 1.165) is 86.9 Å². The van der Waals surface area contributed by atoms with Gasteiger partial charge in [-0.3, -0.25) is 0 Å². The molecule has 11 aromatic rings. The summed E-state index contributed by atoms with van der Waals surface area (Å²) in [6, 6.07) is 50.4. The van der Waals surface area contributed by atoms with Gasteiger partial charge < -0.3 is 29.9 Å². The minimum atomic E-state index is 0. The van der Waals surface area contributed by atoms with Gasteiger partial charge in [0.1, 0.15) is 0 Å². The van der Waals surface area contributed by atoms with Crippen LogP contribution in [-0.2, 0) is 17.4 Å². The van der Waals surface area contributed by atoms with Crippen LogP contribution < -0.4 is 9.97 Å². The Morgan fingerprint density at radius 3 is 0.702 bits per heavy atom. The van der Waals surface area contributed by atoms with Crippen LogP contribution in [0.4, 0.5) is 0 Å². The van der Waals surface area contributed by atoms with Gasteiger partial charge in [0.2, 0.25) is 0 Å². The van der Waals surface area contributed by atoms with E-state index in [1.54, 1.807) is 0 Å². The second-order valence-corrected chi connectivity index (χ2v) is 14.5. The first-order valence-electron chi connectivity index (χ1n) is 18.5. The van der Waals surface area contributed by atoms with Crippen LogP contribution in [-0.4, -0.2) is 29.9 Å². The van der Waals surface area contributed by atoms with Crippen LogP contribution in [0.1, 0.15) is 0 Å². The van der Waals surface area contributed by atoms with Crippen LogP contribution in [0, 0.1) is 0 Å². The molecule has 3 aromatic heterocycles. The summed E-state index contributed by atoms with van der Waals surface area (Å²) >= 11 is 0. The second-order valence-electron chi connectivity index (χ2n) is 14.5. The summed E-state index contributed by atoms with van der Waals surface area (Å²) < 4.78 is 0. The van der Waals surface area contributed by atoms with Crippen molar-refractivity contribution in [3.63, 3.8) is 0 Å². The van der Waals surface area contributed by atoms with E-state index in [9.17, 15) is 0 Å². The van der Waals surface area contributed by atoms with Gasteiger partial charge in [0, 0.05) is 44.8 Å². The summed E-state index contributed by atoms with van der Waals surface area (Å²) in [5.41, 5.74) is 5.67. The fourth-order valence-corrected chi connectivity index (χ4v) is 8.41. The number of nitrogens with zero attached hydrogens (tertiary/aromatic N) is 8. The SMILES string of the molecule is [Cr+2].c1ccc2cc3c(cc2c1)-c1nc-3nc2[n-]c(nc3nc(nc4[n-]c(n1)c1cc5ccccc5cc41)-c1cc4ccccc4cc1-3)c1cc3ccccc3cc21. The van der Waals surface area contributed by atoms with Crippen molar-refractivity contribution in [1.29, 1.82) is 0 Å². The molecular formula is C48H24CrN8. The number of aromatic nitrogens is 8. The van der Waals surface area contributed by atoms with Gasteiger partial charge in [-0.2, -0.15) is 0 Å². The standard InChI is InChI=1S/C48H24N8.Cr/c1-2-10-26-18-34-33(17-25(26)9-1)41-49-42(34)54-44-37-21-29-13-5-6-14-30(29)22-38(37)46(51-44)56-48-40-24-32-16-8-7-15-31(32)23-39(40)47(52-48)55-45-36-20-28-12-4-3-11-27(28)19-35(36)43(50-45)53-41;/h1-24H;/q-2;+2. The second kappa shape index (κ2) is 11.8. The summed E-state index contributed by atoms with van der Waals surface area (Å²) in [7, 11) is 0. The zero-order valence-corrected chi connectivity index (χ0v) is 31.1. The van der Waals surface area contributed by atoms with Crippen LogP contribution in [0.3, 0.4) is 0 Å². The van der Waals surface area contributed by atoms with Crippen LogP contribution in [0.15, 0.2) is 146 Å². The molecular weight excluding hydrogens is 741 g/mol. The molecule has 262 valence electrons. The molecule has 0 unspecified atom stereocenters. The zero-order chi connectivity index (χ0) is 36.5. The molecule has 8 bridgehead atoms. The summed E-state index contributed by atoms with van der Waals surface area (Å²) in [6.07, 6.45) is 0. The van der Waals surface area contributed by atoms with E-state index in [1.165, 1.54) is 0 Å². The number of fused-ring (bicyclic) bond motifs is 24. The van der Waals surface area contributed by atoms with E-state index in [4.69, 9.17) is 39.9 Å². The molecule has 2 aliphatic rings. The third-order valence-corrected chi connectivity index (χ3v) is 11.2. The number of rotatable bonds is 0. The summed E-state index contributed by atoms with van der Waals surface area (Å²) in [6.45, 7) is 0. The molecule has 0 N–H and O–H groups in total. The molecule has 13 rings (SSSR count). The Morgan fingerprint density at radius 1 is 0.263 bits per heavy atom. The Morgan fingerprint density at radius 2 is 0.474 bits per heavy atom. The molecule has 8 aromatic carbocycles. The molecule has 0 saturated carbocycles. The Balaban J connectivity index is 0.00000356. The average molecular weight is 765 g/mol. The molecule has 0 radical (unpaired) electrons. The van der Waals surface area contributed by atoms with Gasteiger partial charge in [-0.05, 0) is 113 Å². The fourth-order valence-electron chi connectivity index (χ4n) is 8.41. The molecule has 0 aliphatic carbocycles. The van der Waals surface area contributed by atoms with Crippen LogP contribution >= 0.6 is 0 Å². The third kappa shape index (κ3) is 4.80. The van der Waals surface area contributed by atoms with Crippen LogP contribution in [0.5, 0.6) is 0 Å².